The first-order valence-electron chi connectivity index (χ1n) is 13.5. The molecule has 0 spiro atoms. The van der Waals surface area contributed by atoms with E-state index < -0.39 is 46.3 Å². The van der Waals surface area contributed by atoms with Gasteiger partial charge in [0.05, 0.1) is 17.3 Å². The number of esters is 2. The number of allylic oxidation sites excluding steroid dienone is 1. The van der Waals surface area contributed by atoms with Gasteiger partial charge in [0.25, 0.3) is 0 Å². The summed E-state index contributed by atoms with van der Waals surface area (Å²) in [5.41, 5.74) is -1.88. The highest BCUT2D eigenvalue weighted by Crippen LogP contribution is 2.66. The molecule has 0 bridgehead atoms. The molecule has 0 aromatic heterocycles. The van der Waals surface area contributed by atoms with Gasteiger partial charge in [0.2, 0.25) is 0 Å². The molecule has 2 fully saturated rings. The lowest BCUT2D eigenvalue weighted by Gasteiger charge is -2.52. The van der Waals surface area contributed by atoms with Gasteiger partial charge in [-0.3, -0.25) is 0 Å². The van der Waals surface area contributed by atoms with Crippen LogP contribution in [0.25, 0.3) is 0 Å². The van der Waals surface area contributed by atoms with Crippen LogP contribution in [0.2, 0.25) is 0 Å². The third-order valence-corrected chi connectivity index (χ3v) is 10.5. The van der Waals surface area contributed by atoms with Crippen LogP contribution in [0.15, 0.2) is 47.6 Å². The van der Waals surface area contributed by atoms with Crippen LogP contribution in [0.1, 0.15) is 66.7 Å². The van der Waals surface area contributed by atoms with Gasteiger partial charge in [-0.1, -0.05) is 32.6 Å². The first kappa shape index (κ1) is 26.4. The molecule has 0 saturated heterocycles. The van der Waals surface area contributed by atoms with Crippen molar-refractivity contribution in [1.29, 1.82) is 0 Å². The Balaban J connectivity index is 1.49. The number of fused-ring (bicyclic) bond motifs is 4. The van der Waals surface area contributed by atoms with Crippen LogP contribution in [0.5, 0.6) is 0 Å². The highest BCUT2D eigenvalue weighted by molar-refractivity contribution is 5.88. The second-order valence-electron chi connectivity index (χ2n) is 12.9. The third-order valence-electron chi connectivity index (χ3n) is 10.5. The number of hydrogen-bond acceptors (Lipinski definition) is 7. The maximum absolute atomic E-state index is 12.2. The fourth-order valence-corrected chi connectivity index (χ4v) is 8.25. The largest absolute Gasteiger partial charge is 0.458 e. The van der Waals surface area contributed by atoms with Crippen molar-refractivity contribution in [3.05, 3.63) is 47.6 Å². The molecule has 2 saturated carbocycles. The number of carbonyl (C=O) groups excluding carboxylic acids is 2. The van der Waals surface area contributed by atoms with Crippen LogP contribution in [0.3, 0.4) is 0 Å². The quantitative estimate of drug-likeness (QED) is 0.383. The predicted molar refractivity (Wildman–Crippen MR) is 137 cm³/mol. The molecule has 1 unspecified atom stereocenters. The van der Waals surface area contributed by atoms with Crippen molar-refractivity contribution in [2.24, 2.45) is 29.1 Å². The van der Waals surface area contributed by atoms with E-state index in [1.807, 2.05) is 19.1 Å². The van der Waals surface area contributed by atoms with Crippen molar-refractivity contribution in [3.63, 3.8) is 0 Å². The van der Waals surface area contributed by atoms with Crippen molar-refractivity contribution >= 4 is 11.9 Å². The van der Waals surface area contributed by atoms with Crippen LogP contribution < -0.4 is 0 Å². The molecular weight excluding hydrogens is 472 g/mol. The van der Waals surface area contributed by atoms with E-state index in [0.717, 1.165) is 0 Å². The Labute approximate surface area is 218 Å². The van der Waals surface area contributed by atoms with Gasteiger partial charge in [0, 0.05) is 29.9 Å². The van der Waals surface area contributed by atoms with Gasteiger partial charge >= 0.3 is 11.9 Å². The van der Waals surface area contributed by atoms with E-state index in [1.54, 1.807) is 26.8 Å². The van der Waals surface area contributed by atoms with E-state index in [4.69, 9.17) is 9.47 Å². The Kier molecular flexibility index (Phi) is 5.98. The van der Waals surface area contributed by atoms with E-state index in [-0.39, 0.29) is 23.7 Å². The molecule has 5 rings (SSSR count). The zero-order valence-corrected chi connectivity index (χ0v) is 22.5. The summed E-state index contributed by atoms with van der Waals surface area (Å²) < 4.78 is 11.3. The van der Waals surface area contributed by atoms with E-state index in [2.05, 4.69) is 13.5 Å². The fraction of sp³-hybridized carbons (Fsp3) is 0.667. The first-order valence-corrected chi connectivity index (χ1v) is 13.5. The number of aliphatic hydroxyl groups excluding tert-OH is 1. The van der Waals surface area contributed by atoms with E-state index in [9.17, 15) is 24.9 Å². The summed E-state index contributed by atoms with van der Waals surface area (Å²) >= 11 is 0. The number of hydrogen-bond donors (Lipinski definition) is 3. The van der Waals surface area contributed by atoms with E-state index >= 15 is 0 Å². The molecule has 0 radical (unpaired) electrons. The summed E-state index contributed by atoms with van der Waals surface area (Å²) in [6.45, 7) is 13.8. The molecule has 0 amide bonds. The molecule has 3 aliphatic carbocycles. The molecule has 9 atom stereocenters. The van der Waals surface area contributed by atoms with Crippen molar-refractivity contribution in [2.75, 3.05) is 0 Å². The van der Waals surface area contributed by atoms with Crippen molar-refractivity contribution < 1.29 is 34.4 Å². The molecule has 202 valence electrons. The van der Waals surface area contributed by atoms with Crippen LogP contribution in [0.4, 0.5) is 0 Å². The van der Waals surface area contributed by atoms with Gasteiger partial charge in [0.15, 0.2) is 0 Å². The monoisotopic (exact) mass is 512 g/mol. The van der Waals surface area contributed by atoms with Gasteiger partial charge < -0.3 is 24.8 Å². The highest BCUT2D eigenvalue weighted by Gasteiger charge is 2.66. The maximum Gasteiger partial charge on any atom is 0.333 e. The smallest absolute Gasteiger partial charge is 0.333 e. The van der Waals surface area contributed by atoms with Crippen LogP contribution in [-0.2, 0) is 19.1 Å². The number of carbonyl (C=O) groups is 2. The molecule has 7 nitrogen and oxygen atoms in total. The second kappa shape index (κ2) is 8.39. The normalized spacial score (nSPS) is 45.7. The van der Waals surface area contributed by atoms with Gasteiger partial charge in [0.1, 0.15) is 11.7 Å². The first-order chi connectivity index (χ1) is 17.1. The molecule has 7 heteroatoms. The lowest BCUT2D eigenvalue weighted by atomic mass is 9.55. The summed E-state index contributed by atoms with van der Waals surface area (Å²) in [4.78, 5) is 24.4. The van der Waals surface area contributed by atoms with E-state index in [0.29, 0.717) is 48.8 Å². The lowest BCUT2D eigenvalue weighted by molar-refractivity contribution is -0.157. The zero-order chi connectivity index (χ0) is 27.1. The Morgan fingerprint density at radius 1 is 1.14 bits per heavy atom. The van der Waals surface area contributed by atoms with Crippen LogP contribution in [-0.4, -0.2) is 56.3 Å². The molecule has 37 heavy (non-hydrogen) atoms. The number of rotatable bonds is 2. The SMILES string of the molecule is C=C1C2C[C@@]3(O)C=C4C=CC(=O)OC(C)(C)[C@@H]4[C@H](O)C[C@H]3[C@]2(C)CC[C@@]1(O)[C@@H](C)[C@H]1CC=C(C)C(=O)O1. The van der Waals surface area contributed by atoms with Crippen LogP contribution in [0, 0.1) is 29.1 Å². The summed E-state index contributed by atoms with van der Waals surface area (Å²) in [5.74, 6) is -2.11. The highest BCUT2D eigenvalue weighted by atomic mass is 16.6. The predicted octanol–water partition coefficient (Wildman–Crippen LogP) is 3.54. The Hall–Kier alpha value is -2.22. The minimum atomic E-state index is -1.24. The summed E-state index contributed by atoms with van der Waals surface area (Å²) in [6.07, 6.45) is 7.75. The zero-order valence-electron chi connectivity index (χ0n) is 22.5. The molecule has 2 aliphatic heterocycles. The third kappa shape index (κ3) is 3.88. The lowest BCUT2D eigenvalue weighted by Crippen LogP contribution is -2.53. The maximum atomic E-state index is 12.2. The van der Waals surface area contributed by atoms with Gasteiger partial charge in [-0.15, -0.1) is 0 Å². The fourth-order valence-electron chi connectivity index (χ4n) is 8.25. The number of aliphatic hydroxyl groups is 3. The minimum absolute atomic E-state index is 0.193. The molecule has 3 N–H and O–H groups in total. The van der Waals surface area contributed by atoms with Crippen molar-refractivity contribution in [3.8, 4) is 0 Å². The standard InChI is InChI=1S/C30H40O7/c1-16-7-9-22(36-26(16)33)18(3)30(35)12-11-28(6)20(17(30)2)15-29(34)14-19-8-10-24(32)37-27(4,5)25(19)21(31)13-23(28)29/h7-8,10,14,18,20-23,25,31,34-35H,2,9,11-13,15H2,1,3-6H3/t18-,20?,21+,22+,23-,25-,28+,29-,30-/m0/s1. The molecule has 2 heterocycles. The molecule has 0 aromatic carbocycles. The van der Waals surface area contributed by atoms with Gasteiger partial charge in [-0.2, -0.15) is 0 Å². The number of ether oxygens (including phenoxy) is 2. The van der Waals surface area contributed by atoms with E-state index in [1.165, 1.54) is 6.08 Å². The summed E-state index contributed by atoms with van der Waals surface area (Å²) in [5, 5.41) is 35.6. The number of cyclic esters (lactones) is 2. The molecule has 0 aromatic rings. The Bertz CT molecular complexity index is 1130. The average molecular weight is 513 g/mol. The Morgan fingerprint density at radius 3 is 2.51 bits per heavy atom. The molecule has 5 aliphatic rings. The summed E-state index contributed by atoms with van der Waals surface area (Å²) in [7, 11) is 0. The van der Waals surface area contributed by atoms with Crippen molar-refractivity contribution in [1.82, 2.24) is 0 Å². The Morgan fingerprint density at radius 2 is 1.84 bits per heavy atom. The topological polar surface area (TPSA) is 113 Å². The minimum Gasteiger partial charge on any atom is -0.458 e. The second-order valence-corrected chi connectivity index (χ2v) is 12.9. The van der Waals surface area contributed by atoms with Crippen molar-refractivity contribution in [2.45, 2.75) is 95.7 Å². The summed E-state index contributed by atoms with van der Waals surface area (Å²) in [6, 6.07) is 0. The average Bonchev–Trinajstić information content (AvgIpc) is 2.89. The molecular formula is C30H40O7. The van der Waals surface area contributed by atoms with Gasteiger partial charge in [-0.05, 0) is 80.9 Å². The van der Waals surface area contributed by atoms with Crippen LogP contribution >= 0.6 is 0 Å². The van der Waals surface area contributed by atoms with Gasteiger partial charge in [-0.25, -0.2) is 9.59 Å².